The maximum Gasteiger partial charge on any atom is 0.276 e. The van der Waals surface area contributed by atoms with Crippen molar-refractivity contribution in [3.8, 4) is 11.5 Å². The number of carbonyl (C=O) groups excluding carboxylic acids is 2. The average molecular weight is 421 g/mol. The third kappa shape index (κ3) is 6.76. The number of nitrogens with one attached hydrogen (secondary N) is 2. The standard InChI is InChI=1S/C19H21BrN2O4/c1-2-3-11-25-17-6-4-5-14(12-17)19(24)22-21-18(23)13-26-16-9-7-15(20)8-10-16/h4-10,12H,2-3,11,13H2,1H3,(H,21,23)(H,22,24). The average Bonchev–Trinajstić information content (AvgIpc) is 2.66. The summed E-state index contributed by atoms with van der Waals surface area (Å²) in [5, 5.41) is 0. The molecule has 0 saturated heterocycles. The zero-order valence-corrected chi connectivity index (χ0v) is 16.0. The SMILES string of the molecule is CCCCOc1cccc(C(=O)NNC(=O)COc2ccc(Br)cc2)c1. The van der Waals surface area contributed by atoms with Crippen molar-refractivity contribution in [2.45, 2.75) is 19.8 Å². The third-order valence-corrected chi connectivity index (χ3v) is 3.89. The van der Waals surface area contributed by atoms with Crippen LogP contribution >= 0.6 is 15.9 Å². The molecule has 0 heterocycles. The number of amides is 2. The summed E-state index contributed by atoms with van der Waals surface area (Å²) >= 11 is 3.32. The van der Waals surface area contributed by atoms with Gasteiger partial charge in [-0.05, 0) is 48.9 Å². The molecule has 2 aromatic carbocycles. The first kappa shape index (κ1) is 19.8. The van der Waals surface area contributed by atoms with Gasteiger partial charge in [0.1, 0.15) is 11.5 Å². The second-order valence-corrected chi connectivity index (χ2v) is 6.39. The van der Waals surface area contributed by atoms with Gasteiger partial charge in [-0.25, -0.2) is 0 Å². The highest BCUT2D eigenvalue weighted by Crippen LogP contribution is 2.16. The highest BCUT2D eigenvalue weighted by atomic mass is 79.9. The van der Waals surface area contributed by atoms with Crippen molar-refractivity contribution >= 4 is 27.7 Å². The number of unbranched alkanes of at least 4 members (excludes halogenated alkanes) is 1. The largest absolute Gasteiger partial charge is 0.494 e. The minimum absolute atomic E-state index is 0.206. The molecule has 0 atom stereocenters. The van der Waals surface area contributed by atoms with Crippen LogP contribution in [0, 0.1) is 0 Å². The first-order valence-electron chi connectivity index (χ1n) is 8.29. The molecule has 2 aromatic rings. The predicted molar refractivity (Wildman–Crippen MR) is 102 cm³/mol. The number of hydrogen-bond donors (Lipinski definition) is 2. The molecule has 0 saturated carbocycles. The van der Waals surface area contributed by atoms with Crippen molar-refractivity contribution in [3.63, 3.8) is 0 Å². The molecule has 26 heavy (non-hydrogen) atoms. The van der Waals surface area contributed by atoms with Gasteiger partial charge >= 0.3 is 0 Å². The van der Waals surface area contributed by atoms with Crippen LogP contribution in [0.25, 0.3) is 0 Å². The van der Waals surface area contributed by atoms with Crippen LogP contribution in [-0.4, -0.2) is 25.0 Å². The molecule has 0 aliphatic rings. The first-order valence-corrected chi connectivity index (χ1v) is 9.08. The van der Waals surface area contributed by atoms with Gasteiger partial charge in [0, 0.05) is 10.0 Å². The quantitative estimate of drug-likeness (QED) is 0.506. The Balaban J connectivity index is 1.77. The maximum absolute atomic E-state index is 12.1. The highest BCUT2D eigenvalue weighted by Gasteiger charge is 2.09. The predicted octanol–water partition coefficient (Wildman–Crippen LogP) is 3.47. The Morgan fingerprint density at radius 1 is 1.00 bits per heavy atom. The molecule has 2 N–H and O–H groups in total. The molecule has 0 spiro atoms. The summed E-state index contributed by atoms with van der Waals surface area (Å²) in [7, 11) is 0. The topological polar surface area (TPSA) is 76.7 Å². The van der Waals surface area contributed by atoms with Crippen molar-refractivity contribution in [1.29, 1.82) is 0 Å². The van der Waals surface area contributed by atoms with E-state index in [0.717, 1.165) is 17.3 Å². The molecule has 0 unspecified atom stereocenters. The van der Waals surface area contributed by atoms with E-state index < -0.39 is 11.8 Å². The van der Waals surface area contributed by atoms with Crippen LogP contribution in [0.1, 0.15) is 30.1 Å². The second-order valence-electron chi connectivity index (χ2n) is 5.47. The summed E-state index contributed by atoms with van der Waals surface area (Å²) < 4.78 is 11.8. The van der Waals surface area contributed by atoms with Gasteiger partial charge in [0.2, 0.25) is 0 Å². The van der Waals surface area contributed by atoms with E-state index >= 15 is 0 Å². The Bertz CT molecular complexity index is 735. The summed E-state index contributed by atoms with van der Waals surface area (Å²) in [6.45, 7) is 2.48. The lowest BCUT2D eigenvalue weighted by Gasteiger charge is -2.10. The lowest BCUT2D eigenvalue weighted by Crippen LogP contribution is -2.43. The van der Waals surface area contributed by atoms with Crippen molar-refractivity contribution in [2.75, 3.05) is 13.2 Å². The fraction of sp³-hybridized carbons (Fsp3) is 0.263. The van der Waals surface area contributed by atoms with Crippen LogP contribution in [-0.2, 0) is 4.79 Å². The van der Waals surface area contributed by atoms with Crippen LogP contribution in [0.5, 0.6) is 11.5 Å². The molecule has 138 valence electrons. The van der Waals surface area contributed by atoms with Crippen LogP contribution in [0.2, 0.25) is 0 Å². The van der Waals surface area contributed by atoms with Gasteiger partial charge in [0.25, 0.3) is 11.8 Å². The normalized spacial score (nSPS) is 10.1. The van der Waals surface area contributed by atoms with E-state index in [1.807, 2.05) is 12.1 Å². The Morgan fingerprint density at radius 2 is 1.77 bits per heavy atom. The molecule has 0 fully saturated rings. The number of rotatable bonds is 8. The van der Waals surface area contributed by atoms with Gasteiger partial charge in [0.05, 0.1) is 6.61 Å². The maximum atomic E-state index is 12.1. The summed E-state index contributed by atoms with van der Waals surface area (Å²) in [6, 6.07) is 13.9. The minimum atomic E-state index is -0.461. The summed E-state index contributed by atoms with van der Waals surface area (Å²) in [4.78, 5) is 23.9. The fourth-order valence-electron chi connectivity index (χ4n) is 1.98. The third-order valence-electron chi connectivity index (χ3n) is 3.36. The van der Waals surface area contributed by atoms with Gasteiger partial charge in [-0.3, -0.25) is 20.4 Å². The Labute approximate surface area is 161 Å². The monoisotopic (exact) mass is 420 g/mol. The number of hydrogen-bond acceptors (Lipinski definition) is 4. The molecule has 0 radical (unpaired) electrons. The van der Waals surface area contributed by atoms with Gasteiger partial charge in [-0.15, -0.1) is 0 Å². The van der Waals surface area contributed by atoms with E-state index in [4.69, 9.17) is 9.47 Å². The lowest BCUT2D eigenvalue weighted by molar-refractivity contribution is -0.123. The zero-order valence-electron chi connectivity index (χ0n) is 14.5. The summed E-state index contributed by atoms with van der Waals surface area (Å²) in [5.74, 6) is 0.294. The van der Waals surface area contributed by atoms with E-state index in [-0.39, 0.29) is 6.61 Å². The molecule has 2 amide bonds. The van der Waals surface area contributed by atoms with Crippen molar-refractivity contribution in [3.05, 3.63) is 58.6 Å². The van der Waals surface area contributed by atoms with Crippen LogP contribution in [0.3, 0.4) is 0 Å². The van der Waals surface area contributed by atoms with Crippen LogP contribution in [0.15, 0.2) is 53.0 Å². The molecular weight excluding hydrogens is 400 g/mol. The molecule has 0 bridgehead atoms. The fourth-order valence-corrected chi connectivity index (χ4v) is 2.24. The number of carbonyl (C=O) groups is 2. The number of benzene rings is 2. The Hall–Kier alpha value is -2.54. The molecular formula is C19H21BrN2O4. The molecule has 6 nitrogen and oxygen atoms in total. The number of halogens is 1. The van der Waals surface area contributed by atoms with Crippen LogP contribution in [0.4, 0.5) is 0 Å². The smallest absolute Gasteiger partial charge is 0.276 e. The molecule has 0 aliphatic carbocycles. The Morgan fingerprint density at radius 3 is 2.50 bits per heavy atom. The van der Waals surface area contributed by atoms with Crippen molar-refractivity contribution in [1.82, 2.24) is 10.9 Å². The van der Waals surface area contributed by atoms with Crippen molar-refractivity contribution in [2.24, 2.45) is 0 Å². The van der Waals surface area contributed by atoms with Gasteiger partial charge in [-0.1, -0.05) is 35.3 Å². The van der Waals surface area contributed by atoms with E-state index in [2.05, 4.69) is 33.7 Å². The van der Waals surface area contributed by atoms with Gasteiger partial charge < -0.3 is 9.47 Å². The Kier molecular flexibility index (Phi) is 7.95. The number of ether oxygens (including phenoxy) is 2. The van der Waals surface area contributed by atoms with E-state index in [0.29, 0.717) is 23.7 Å². The van der Waals surface area contributed by atoms with E-state index in [1.165, 1.54) is 0 Å². The molecule has 0 aromatic heterocycles. The second kappa shape index (κ2) is 10.5. The van der Waals surface area contributed by atoms with Gasteiger partial charge in [-0.2, -0.15) is 0 Å². The highest BCUT2D eigenvalue weighted by molar-refractivity contribution is 9.10. The molecule has 7 heteroatoms. The van der Waals surface area contributed by atoms with E-state index in [9.17, 15) is 9.59 Å². The first-order chi connectivity index (χ1) is 12.6. The molecule has 0 aliphatic heterocycles. The van der Waals surface area contributed by atoms with Gasteiger partial charge in [0.15, 0.2) is 6.61 Å². The summed E-state index contributed by atoms with van der Waals surface area (Å²) in [6.07, 6.45) is 1.99. The zero-order chi connectivity index (χ0) is 18.8. The van der Waals surface area contributed by atoms with E-state index in [1.54, 1.807) is 36.4 Å². The van der Waals surface area contributed by atoms with Crippen LogP contribution < -0.4 is 20.3 Å². The summed E-state index contributed by atoms with van der Waals surface area (Å²) in [5.41, 5.74) is 5.07. The van der Waals surface area contributed by atoms with Crippen molar-refractivity contribution < 1.29 is 19.1 Å². The lowest BCUT2D eigenvalue weighted by atomic mass is 10.2. The molecule has 2 rings (SSSR count). The number of hydrazine groups is 1. The minimum Gasteiger partial charge on any atom is -0.494 e.